The normalized spacial score (nSPS) is 14.5. The maximum Gasteiger partial charge on any atom is 0.374 e. The summed E-state index contributed by atoms with van der Waals surface area (Å²) in [5.41, 5.74) is 2.18. The zero-order valence-electron chi connectivity index (χ0n) is 10.4. The minimum atomic E-state index is -0.383. The van der Waals surface area contributed by atoms with Crippen molar-refractivity contribution < 1.29 is 18.7 Å². The first kappa shape index (κ1) is 12.2. The number of hydrogen-bond acceptors (Lipinski definition) is 4. The highest BCUT2D eigenvalue weighted by Crippen LogP contribution is 2.31. The Bertz CT molecular complexity index is 406. The number of esters is 1. The van der Waals surface area contributed by atoms with Gasteiger partial charge in [-0.15, -0.1) is 0 Å². The Kier molecular flexibility index (Phi) is 3.84. The zero-order chi connectivity index (χ0) is 12.3. The largest absolute Gasteiger partial charge is 0.463 e. The van der Waals surface area contributed by atoms with Crippen LogP contribution in [0.3, 0.4) is 0 Å². The van der Waals surface area contributed by atoms with E-state index < -0.39 is 0 Å². The predicted molar refractivity (Wildman–Crippen MR) is 62.0 cm³/mol. The van der Waals surface area contributed by atoms with Crippen molar-refractivity contribution in [3.8, 4) is 0 Å². The summed E-state index contributed by atoms with van der Waals surface area (Å²) in [6.07, 6.45) is 4.12. The lowest BCUT2D eigenvalue weighted by Crippen LogP contribution is -2.07. The maximum absolute atomic E-state index is 11.6. The lowest BCUT2D eigenvalue weighted by Gasteiger charge is -2.11. The number of rotatable bonds is 4. The van der Waals surface area contributed by atoms with E-state index in [1.54, 1.807) is 0 Å². The Hall–Kier alpha value is -1.29. The molecule has 0 saturated heterocycles. The summed E-state index contributed by atoms with van der Waals surface area (Å²) in [6.45, 7) is 3.02. The lowest BCUT2D eigenvalue weighted by molar-refractivity contribution is 0.0552. The second-order valence-corrected chi connectivity index (χ2v) is 4.15. The van der Waals surface area contributed by atoms with Crippen LogP contribution in [0.4, 0.5) is 0 Å². The SMILES string of the molecule is CCOCc1oc(C(=O)OC)c2c1CCCC2. The lowest BCUT2D eigenvalue weighted by atomic mass is 9.92. The van der Waals surface area contributed by atoms with Gasteiger partial charge in [0, 0.05) is 17.7 Å². The number of carbonyl (C=O) groups is 1. The fourth-order valence-corrected chi connectivity index (χ4v) is 2.28. The molecule has 2 rings (SSSR count). The third-order valence-electron chi connectivity index (χ3n) is 3.11. The quantitative estimate of drug-likeness (QED) is 0.756. The number of ether oxygens (including phenoxy) is 2. The van der Waals surface area contributed by atoms with Gasteiger partial charge >= 0.3 is 5.97 Å². The summed E-state index contributed by atoms with van der Waals surface area (Å²) in [5.74, 6) is 0.782. The van der Waals surface area contributed by atoms with Crippen molar-refractivity contribution in [3.63, 3.8) is 0 Å². The average molecular weight is 238 g/mol. The minimum Gasteiger partial charge on any atom is -0.463 e. The van der Waals surface area contributed by atoms with Gasteiger partial charge < -0.3 is 13.9 Å². The molecule has 4 heteroatoms. The number of fused-ring (bicyclic) bond motifs is 1. The second kappa shape index (κ2) is 5.36. The summed E-state index contributed by atoms with van der Waals surface area (Å²) in [5, 5.41) is 0. The van der Waals surface area contributed by atoms with Crippen LogP contribution in [-0.2, 0) is 28.9 Å². The Labute approximate surface area is 101 Å². The van der Waals surface area contributed by atoms with Crippen LogP contribution >= 0.6 is 0 Å². The molecule has 17 heavy (non-hydrogen) atoms. The molecule has 0 bridgehead atoms. The smallest absolute Gasteiger partial charge is 0.374 e. The maximum atomic E-state index is 11.6. The van der Waals surface area contributed by atoms with Crippen LogP contribution in [-0.4, -0.2) is 19.7 Å². The van der Waals surface area contributed by atoms with Crippen LogP contribution < -0.4 is 0 Å². The Morgan fingerprint density at radius 1 is 1.29 bits per heavy atom. The van der Waals surface area contributed by atoms with Gasteiger partial charge in [-0.2, -0.15) is 0 Å². The van der Waals surface area contributed by atoms with Gasteiger partial charge in [0.25, 0.3) is 0 Å². The predicted octanol–water partition coefficient (Wildman–Crippen LogP) is 2.48. The van der Waals surface area contributed by atoms with Gasteiger partial charge in [-0.1, -0.05) is 0 Å². The van der Waals surface area contributed by atoms with Crippen LogP contribution in [0.2, 0.25) is 0 Å². The topological polar surface area (TPSA) is 48.7 Å². The zero-order valence-corrected chi connectivity index (χ0v) is 10.4. The van der Waals surface area contributed by atoms with Crippen molar-refractivity contribution in [1.29, 1.82) is 0 Å². The number of methoxy groups -OCH3 is 1. The summed E-state index contributed by atoms with van der Waals surface area (Å²) < 4.78 is 15.7. The highest BCUT2D eigenvalue weighted by molar-refractivity contribution is 5.88. The molecule has 0 unspecified atom stereocenters. The molecular weight excluding hydrogens is 220 g/mol. The number of carbonyl (C=O) groups excluding carboxylic acids is 1. The van der Waals surface area contributed by atoms with Crippen LogP contribution in [0.25, 0.3) is 0 Å². The molecule has 94 valence electrons. The van der Waals surface area contributed by atoms with E-state index >= 15 is 0 Å². The van der Waals surface area contributed by atoms with E-state index in [0.29, 0.717) is 19.0 Å². The van der Waals surface area contributed by atoms with Gasteiger partial charge in [-0.3, -0.25) is 0 Å². The molecule has 0 fully saturated rings. The fraction of sp³-hybridized carbons (Fsp3) is 0.615. The molecular formula is C13H18O4. The number of hydrogen-bond donors (Lipinski definition) is 0. The molecule has 0 aromatic carbocycles. The highest BCUT2D eigenvalue weighted by Gasteiger charge is 2.26. The van der Waals surface area contributed by atoms with Gasteiger partial charge in [0.2, 0.25) is 5.76 Å². The molecule has 1 heterocycles. The first-order valence-electron chi connectivity index (χ1n) is 6.07. The van der Waals surface area contributed by atoms with Crippen molar-refractivity contribution in [2.45, 2.75) is 39.2 Å². The van der Waals surface area contributed by atoms with Crippen molar-refractivity contribution in [1.82, 2.24) is 0 Å². The summed E-state index contributed by atoms with van der Waals surface area (Å²) in [4.78, 5) is 11.6. The molecule has 0 N–H and O–H groups in total. The van der Waals surface area contributed by atoms with E-state index in [-0.39, 0.29) is 5.97 Å². The molecule has 0 radical (unpaired) electrons. The molecule has 0 atom stereocenters. The van der Waals surface area contributed by atoms with Crippen LogP contribution in [0, 0.1) is 0 Å². The molecule has 0 amide bonds. The fourth-order valence-electron chi connectivity index (χ4n) is 2.28. The minimum absolute atomic E-state index is 0.372. The van der Waals surface area contributed by atoms with Crippen molar-refractivity contribution in [2.75, 3.05) is 13.7 Å². The number of furan rings is 1. The van der Waals surface area contributed by atoms with Gasteiger partial charge in [0.1, 0.15) is 12.4 Å². The van der Waals surface area contributed by atoms with E-state index in [2.05, 4.69) is 0 Å². The molecule has 1 aromatic rings. The summed E-state index contributed by atoms with van der Waals surface area (Å²) in [7, 11) is 1.38. The Morgan fingerprint density at radius 2 is 2.00 bits per heavy atom. The molecule has 0 aliphatic heterocycles. The molecule has 0 spiro atoms. The van der Waals surface area contributed by atoms with Crippen molar-refractivity contribution in [3.05, 3.63) is 22.6 Å². The van der Waals surface area contributed by atoms with Gasteiger partial charge in [0.15, 0.2) is 0 Å². The average Bonchev–Trinajstić information content (AvgIpc) is 2.74. The van der Waals surface area contributed by atoms with Crippen molar-refractivity contribution >= 4 is 5.97 Å². The third-order valence-corrected chi connectivity index (χ3v) is 3.11. The second-order valence-electron chi connectivity index (χ2n) is 4.15. The molecule has 1 aromatic heterocycles. The highest BCUT2D eigenvalue weighted by atomic mass is 16.5. The first-order valence-corrected chi connectivity index (χ1v) is 6.07. The Balaban J connectivity index is 2.33. The Morgan fingerprint density at radius 3 is 2.65 bits per heavy atom. The van der Waals surface area contributed by atoms with Gasteiger partial charge in [0.05, 0.1) is 7.11 Å². The van der Waals surface area contributed by atoms with Crippen LogP contribution in [0.1, 0.15) is 47.2 Å². The molecule has 1 aliphatic carbocycles. The molecule has 1 aliphatic rings. The van der Waals surface area contributed by atoms with Gasteiger partial charge in [-0.05, 0) is 32.6 Å². The molecule has 0 saturated carbocycles. The van der Waals surface area contributed by atoms with E-state index in [9.17, 15) is 4.79 Å². The van der Waals surface area contributed by atoms with Crippen molar-refractivity contribution in [2.24, 2.45) is 0 Å². The van der Waals surface area contributed by atoms with E-state index in [0.717, 1.165) is 42.6 Å². The van der Waals surface area contributed by atoms with E-state index in [4.69, 9.17) is 13.9 Å². The third kappa shape index (κ3) is 2.36. The monoisotopic (exact) mass is 238 g/mol. The van der Waals surface area contributed by atoms with Crippen LogP contribution in [0.15, 0.2) is 4.42 Å². The summed E-state index contributed by atoms with van der Waals surface area (Å²) in [6, 6.07) is 0. The van der Waals surface area contributed by atoms with Crippen LogP contribution in [0.5, 0.6) is 0 Å². The van der Waals surface area contributed by atoms with E-state index in [1.165, 1.54) is 7.11 Å². The standard InChI is InChI=1S/C13H18O4/c1-3-16-8-11-9-6-4-5-7-10(9)12(17-11)13(14)15-2/h3-8H2,1-2H3. The van der Waals surface area contributed by atoms with Gasteiger partial charge in [-0.25, -0.2) is 4.79 Å². The summed E-state index contributed by atoms with van der Waals surface area (Å²) >= 11 is 0. The first-order chi connectivity index (χ1) is 8.27. The molecule has 4 nitrogen and oxygen atoms in total. The van der Waals surface area contributed by atoms with E-state index in [1.807, 2.05) is 6.92 Å².